The van der Waals surface area contributed by atoms with Crippen LogP contribution in [0.4, 0.5) is 11.5 Å². The molecule has 2 aromatic heterocycles. The van der Waals surface area contributed by atoms with Gasteiger partial charge in [-0.1, -0.05) is 34.1 Å². The van der Waals surface area contributed by atoms with Gasteiger partial charge >= 0.3 is 0 Å². The fraction of sp³-hybridized carbons (Fsp3) is 0.143. The Morgan fingerprint density at radius 1 is 0.923 bits per heavy atom. The van der Waals surface area contributed by atoms with E-state index in [0.29, 0.717) is 0 Å². The Morgan fingerprint density at radius 3 is 2.42 bits per heavy atom. The van der Waals surface area contributed by atoms with Crippen molar-refractivity contribution in [3.05, 3.63) is 69.3 Å². The molecular weight excluding hydrogens is 406 g/mol. The highest BCUT2D eigenvalue weighted by molar-refractivity contribution is 9.10. The Labute approximate surface area is 165 Å². The summed E-state index contributed by atoms with van der Waals surface area (Å²) in [4.78, 5) is 11.3. The molecule has 0 fully saturated rings. The standard InChI is InChI=1S/C21H18BrN3S/c1-12-4-9-17(10-13(12)2)25-20-19-18(15-5-7-16(22)8-6-15)14(3)26-21(19)24-11-23-20/h4-11H,1-3H3,(H,23,24,25). The fourth-order valence-electron chi connectivity index (χ4n) is 3.06. The molecule has 0 spiro atoms. The smallest absolute Gasteiger partial charge is 0.143 e. The lowest BCUT2D eigenvalue weighted by molar-refractivity contribution is 1.23. The van der Waals surface area contributed by atoms with E-state index in [-0.39, 0.29) is 0 Å². The van der Waals surface area contributed by atoms with Crippen LogP contribution < -0.4 is 5.32 Å². The first-order chi connectivity index (χ1) is 12.5. The number of aromatic nitrogens is 2. The van der Waals surface area contributed by atoms with Gasteiger partial charge in [0, 0.05) is 20.6 Å². The second-order valence-electron chi connectivity index (χ2n) is 6.37. The summed E-state index contributed by atoms with van der Waals surface area (Å²) in [6.07, 6.45) is 1.63. The van der Waals surface area contributed by atoms with Gasteiger partial charge in [0.05, 0.1) is 5.39 Å². The Hall–Kier alpha value is -2.24. The maximum absolute atomic E-state index is 4.55. The van der Waals surface area contributed by atoms with Crippen molar-refractivity contribution < 1.29 is 0 Å². The normalized spacial score (nSPS) is 11.1. The molecule has 0 atom stereocenters. The van der Waals surface area contributed by atoms with E-state index in [1.165, 1.54) is 27.1 Å². The maximum Gasteiger partial charge on any atom is 0.143 e. The monoisotopic (exact) mass is 423 g/mol. The number of nitrogens with zero attached hydrogens (tertiary/aromatic N) is 2. The first-order valence-electron chi connectivity index (χ1n) is 8.37. The van der Waals surface area contributed by atoms with Crippen LogP contribution in [0.15, 0.2) is 53.3 Å². The molecule has 3 nitrogen and oxygen atoms in total. The maximum atomic E-state index is 4.55. The van der Waals surface area contributed by atoms with Crippen LogP contribution in [0.1, 0.15) is 16.0 Å². The number of hydrogen-bond acceptors (Lipinski definition) is 4. The molecule has 1 N–H and O–H groups in total. The van der Waals surface area contributed by atoms with Gasteiger partial charge in [0.2, 0.25) is 0 Å². The molecule has 0 amide bonds. The molecular formula is C21H18BrN3S. The van der Waals surface area contributed by atoms with E-state index in [0.717, 1.165) is 26.2 Å². The summed E-state index contributed by atoms with van der Waals surface area (Å²) in [5, 5.41) is 4.58. The predicted molar refractivity (Wildman–Crippen MR) is 114 cm³/mol. The number of anilines is 2. The lowest BCUT2D eigenvalue weighted by Crippen LogP contribution is -1.96. The zero-order chi connectivity index (χ0) is 18.3. The minimum Gasteiger partial charge on any atom is -0.340 e. The van der Waals surface area contributed by atoms with E-state index in [1.807, 2.05) is 0 Å². The Morgan fingerprint density at radius 2 is 1.69 bits per heavy atom. The summed E-state index contributed by atoms with van der Waals surface area (Å²) >= 11 is 5.22. The average Bonchev–Trinajstić information content (AvgIpc) is 2.96. The van der Waals surface area contributed by atoms with Gasteiger partial charge in [-0.25, -0.2) is 9.97 Å². The third-order valence-electron chi connectivity index (χ3n) is 4.57. The molecule has 2 aromatic carbocycles. The minimum absolute atomic E-state index is 0.848. The van der Waals surface area contributed by atoms with Crippen LogP contribution >= 0.6 is 27.3 Å². The summed E-state index contributed by atoms with van der Waals surface area (Å²) in [5.74, 6) is 0.848. The lowest BCUT2D eigenvalue weighted by Gasteiger charge is -2.10. The quantitative estimate of drug-likeness (QED) is 0.394. The van der Waals surface area contributed by atoms with E-state index in [4.69, 9.17) is 0 Å². The molecule has 2 heterocycles. The number of rotatable bonds is 3. The molecule has 4 aromatic rings. The SMILES string of the molecule is Cc1ccc(Nc2ncnc3sc(C)c(-c4ccc(Br)cc4)c23)cc1C. The van der Waals surface area contributed by atoms with Crippen LogP contribution in [0.3, 0.4) is 0 Å². The number of nitrogens with one attached hydrogen (secondary N) is 1. The summed E-state index contributed by atoms with van der Waals surface area (Å²) in [6.45, 7) is 6.39. The number of halogens is 1. The molecule has 4 rings (SSSR count). The van der Waals surface area contributed by atoms with Gasteiger partial charge in [-0.05, 0) is 61.7 Å². The number of benzene rings is 2. The highest BCUT2D eigenvalue weighted by atomic mass is 79.9. The summed E-state index contributed by atoms with van der Waals surface area (Å²) in [6, 6.07) is 14.8. The second-order valence-corrected chi connectivity index (χ2v) is 8.49. The van der Waals surface area contributed by atoms with Crippen molar-refractivity contribution in [1.82, 2.24) is 9.97 Å². The number of fused-ring (bicyclic) bond motifs is 1. The molecule has 0 aliphatic heterocycles. The average molecular weight is 424 g/mol. The third-order valence-corrected chi connectivity index (χ3v) is 6.11. The zero-order valence-electron chi connectivity index (χ0n) is 14.8. The van der Waals surface area contributed by atoms with Crippen LogP contribution in [0.25, 0.3) is 21.3 Å². The van der Waals surface area contributed by atoms with Crippen molar-refractivity contribution in [1.29, 1.82) is 0 Å². The van der Waals surface area contributed by atoms with Crippen LogP contribution in [0.5, 0.6) is 0 Å². The number of hydrogen-bond donors (Lipinski definition) is 1. The molecule has 0 unspecified atom stereocenters. The molecule has 130 valence electrons. The second kappa shape index (κ2) is 6.82. The topological polar surface area (TPSA) is 37.8 Å². The molecule has 26 heavy (non-hydrogen) atoms. The highest BCUT2D eigenvalue weighted by Crippen LogP contribution is 2.41. The molecule has 5 heteroatoms. The van der Waals surface area contributed by atoms with E-state index in [1.54, 1.807) is 17.7 Å². The van der Waals surface area contributed by atoms with Crippen molar-refractivity contribution >= 4 is 49.0 Å². The molecule has 0 radical (unpaired) electrons. The molecule has 0 saturated carbocycles. The predicted octanol–water partition coefficient (Wildman–Crippen LogP) is 6.79. The molecule has 0 saturated heterocycles. The molecule has 0 aliphatic rings. The summed E-state index contributed by atoms with van der Waals surface area (Å²) in [7, 11) is 0. The first-order valence-corrected chi connectivity index (χ1v) is 9.98. The Bertz CT molecular complexity index is 1100. The van der Waals surface area contributed by atoms with Crippen LogP contribution in [0, 0.1) is 20.8 Å². The summed E-state index contributed by atoms with van der Waals surface area (Å²) in [5.41, 5.74) is 5.96. The largest absolute Gasteiger partial charge is 0.340 e. The van der Waals surface area contributed by atoms with Crippen LogP contribution in [0.2, 0.25) is 0 Å². The van der Waals surface area contributed by atoms with Gasteiger partial charge in [-0.3, -0.25) is 0 Å². The van der Waals surface area contributed by atoms with Crippen molar-refractivity contribution in [3.8, 4) is 11.1 Å². The lowest BCUT2D eigenvalue weighted by atomic mass is 10.0. The van der Waals surface area contributed by atoms with E-state index in [9.17, 15) is 0 Å². The van der Waals surface area contributed by atoms with Crippen molar-refractivity contribution in [2.24, 2.45) is 0 Å². The zero-order valence-corrected chi connectivity index (χ0v) is 17.2. The van der Waals surface area contributed by atoms with E-state index >= 15 is 0 Å². The van der Waals surface area contributed by atoms with Crippen LogP contribution in [-0.2, 0) is 0 Å². The van der Waals surface area contributed by atoms with Crippen LogP contribution in [-0.4, -0.2) is 9.97 Å². The van der Waals surface area contributed by atoms with E-state index < -0.39 is 0 Å². The van der Waals surface area contributed by atoms with Gasteiger partial charge in [-0.15, -0.1) is 11.3 Å². The van der Waals surface area contributed by atoms with Crippen molar-refractivity contribution in [2.45, 2.75) is 20.8 Å². The van der Waals surface area contributed by atoms with Gasteiger partial charge in [0.1, 0.15) is 17.0 Å². The first kappa shape index (κ1) is 17.2. The van der Waals surface area contributed by atoms with E-state index in [2.05, 4.69) is 94.5 Å². The van der Waals surface area contributed by atoms with Crippen molar-refractivity contribution in [3.63, 3.8) is 0 Å². The summed E-state index contributed by atoms with van der Waals surface area (Å²) < 4.78 is 1.07. The molecule has 0 bridgehead atoms. The minimum atomic E-state index is 0.848. The Kier molecular flexibility index (Phi) is 4.51. The highest BCUT2D eigenvalue weighted by Gasteiger charge is 2.17. The molecule has 0 aliphatic carbocycles. The number of aryl methyl sites for hydroxylation is 3. The third kappa shape index (κ3) is 3.13. The van der Waals surface area contributed by atoms with Gasteiger partial charge in [-0.2, -0.15) is 0 Å². The number of thiophene rings is 1. The Balaban J connectivity index is 1.87. The van der Waals surface area contributed by atoms with Gasteiger partial charge in [0.15, 0.2) is 0 Å². The van der Waals surface area contributed by atoms with Crippen molar-refractivity contribution in [2.75, 3.05) is 5.32 Å². The van der Waals surface area contributed by atoms with Gasteiger partial charge in [0.25, 0.3) is 0 Å². The van der Waals surface area contributed by atoms with Gasteiger partial charge < -0.3 is 5.32 Å². The fourth-order valence-corrected chi connectivity index (χ4v) is 4.34.